The van der Waals surface area contributed by atoms with Gasteiger partial charge in [0.2, 0.25) is 0 Å². The van der Waals surface area contributed by atoms with Gasteiger partial charge in [0, 0.05) is 7.05 Å². The van der Waals surface area contributed by atoms with E-state index in [2.05, 4.69) is 10.1 Å². The van der Waals surface area contributed by atoms with Crippen LogP contribution in [0.1, 0.15) is 25.1 Å². The van der Waals surface area contributed by atoms with Gasteiger partial charge in [-0.25, -0.2) is 4.98 Å². The van der Waals surface area contributed by atoms with E-state index in [4.69, 9.17) is 5.11 Å². The monoisotopic (exact) mass is 169 g/mol. The van der Waals surface area contributed by atoms with E-state index in [1.54, 1.807) is 14.0 Å². The fraction of sp³-hybridized carbons (Fsp3) is 0.571. The molecule has 0 aliphatic carbocycles. The van der Waals surface area contributed by atoms with E-state index < -0.39 is 11.9 Å². The summed E-state index contributed by atoms with van der Waals surface area (Å²) in [6.07, 6.45) is 2.01. The lowest BCUT2D eigenvalue weighted by molar-refractivity contribution is -0.139. The molecule has 0 radical (unpaired) electrons. The molecule has 1 aromatic rings. The topological polar surface area (TPSA) is 68.0 Å². The zero-order valence-corrected chi connectivity index (χ0v) is 7.06. The molecule has 0 spiro atoms. The molecule has 5 heteroatoms. The minimum absolute atomic E-state index is 0.382. The van der Waals surface area contributed by atoms with Gasteiger partial charge in [-0.3, -0.25) is 9.48 Å². The zero-order chi connectivity index (χ0) is 9.14. The third-order valence-corrected chi connectivity index (χ3v) is 1.64. The molecular weight excluding hydrogens is 158 g/mol. The van der Waals surface area contributed by atoms with Gasteiger partial charge in [0.05, 0.1) is 0 Å². The molecule has 0 aliphatic rings. The summed E-state index contributed by atoms with van der Waals surface area (Å²) in [6.45, 7) is 1.80. The van der Waals surface area contributed by atoms with Crippen molar-refractivity contribution in [2.24, 2.45) is 7.05 Å². The molecule has 5 nitrogen and oxygen atoms in total. The second-order valence-electron chi connectivity index (χ2n) is 2.58. The van der Waals surface area contributed by atoms with Crippen LogP contribution in [0.15, 0.2) is 6.33 Å². The molecule has 0 saturated heterocycles. The van der Waals surface area contributed by atoms with Crippen molar-refractivity contribution in [1.29, 1.82) is 0 Å². The lowest BCUT2D eigenvalue weighted by Gasteiger charge is -2.02. The Hall–Kier alpha value is -1.39. The highest BCUT2D eigenvalue weighted by atomic mass is 16.4. The maximum absolute atomic E-state index is 10.7. The molecule has 0 bridgehead atoms. The molecule has 0 saturated carbocycles. The van der Waals surface area contributed by atoms with Crippen LogP contribution in [0.2, 0.25) is 0 Å². The third-order valence-electron chi connectivity index (χ3n) is 1.64. The highest BCUT2D eigenvalue weighted by molar-refractivity contribution is 5.74. The maximum Gasteiger partial charge on any atom is 0.314 e. The van der Waals surface area contributed by atoms with Crippen LogP contribution >= 0.6 is 0 Å². The van der Waals surface area contributed by atoms with Crippen molar-refractivity contribution in [3.05, 3.63) is 12.2 Å². The Labute approximate surface area is 70.0 Å². The summed E-state index contributed by atoms with van der Waals surface area (Å²) in [4.78, 5) is 14.5. The quantitative estimate of drug-likeness (QED) is 0.710. The van der Waals surface area contributed by atoms with E-state index in [0.29, 0.717) is 12.2 Å². The van der Waals surface area contributed by atoms with Gasteiger partial charge in [-0.05, 0) is 6.42 Å². The SMILES string of the molecule is CCC(C(=O)O)c1ncn(C)n1. The molecule has 0 amide bonds. The number of carboxylic acids is 1. The van der Waals surface area contributed by atoms with Gasteiger partial charge in [0.1, 0.15) is 12.2 Å². The number of carbonyl (C=O) groups is 1. The lowest BCUT2D eigenvalue weighted by atomic mass is 10.1. The third kappa shape index (κ3) is 1.61. The van der Waals surface area contributed by atoms with Gasteiger partial charge in [0.15, 0.2) is 5.82 Å². The Kier molecular flexibility index (Phi) is 2.42. The highest BCUT2D eigenvalue weighted by Crippen LogP contribution is 2.14. The van der Waals surface area contributed by atoms with E-state index in [0.717, 1.165) is 0 Å². The highest BCUT2D eigenvalue weighted by Gasteiger charge is 2.21. The van der Waals surface area contributed by atoms with Crippen molar-refractivity contribution in [3.8, 4) is 0 Å². The number of aromatic nitrogens is 3. The Morgan fingerprint density at radius 1 is 1.83 bits per heavy atom. The summed E-state index contributed by atoms with van der Waals surface area (Å²) in [6, 6.07) is 0. The van der Waals surface area contributed by atoms with Gasteiger partial charge in [-0.2, -0.15) is 5.10 Å². The molecule has 1 rings (SSSR count). The molecule has 1 atom stereocenters. The molecule has 0 aliphatic heterocycles. The second-order valence-corrected chi connectivity index (χ2v) is 2.58. The van der Waals surface area contributed by atoms with Crippen LogP contribution in [0.25, 0.3) is 0 Å². The van der Waals surface area contributed by atoms with Crippen LogP contribution < -0.4 is 0 Å². The summed E-state index contributed by atoms with van der Waals surface area (Å²) in [5.41, 5.74) is 0. The number of hydrogen-bond acceptors (Lipinski definition) is 3. The van der Waals surface area contributed by atoms with Crippen LogP contribution in [0.5, 0.6) is 0 Å². The number of rotatable bonds is 3. The Bertz CT molecular complexity index is 282. The van der Waals surface area contributed by atoms with Gasteiger partial charge in [-0.15, -0.1) is 0 Å². The van der Waals surface area contributed by atoms with Gasteiger partial charge < -0.3 is 5.11 Å². The lowest BCUT2D eigenvalue weighted by Crippen LogP contribution is -2.12. The standard InChI is InChI=1S/C7H11N3O2/c1-3-5(7(11)12)6-8-4-10(2)9-6/h4-5H,3H2,1-2H3,(H,11,12). The smallest absolute Gasteiger partial charge is 0.314 e. The van der Waals surface area contributed by atoms with Crippen molar-refractivity contribution >= 4 is 5.97 Å². The Balaban J connectivity index is 2.87. The Morgan fingerprint density at radius 3 is 2.83 bits per heavy atom. The Morgan fingerprint density at radius 2 is 2.50 bits per heavy atom. The summed E-state index contributed by atoms with van der Waals surface area (Å²) in [7, 11) is 1.71. The first-order valence-electron chi connectivity index (χ1n) is 3.73. The molecule has 1 unspecified atom stereocenters. The number of aryl methyl sites for hydroxylation is 1. The van der Waals surface area contributed by atoms with Crippen LogP contribution in [-0.4, -0.2) is 25.8 Å². The number of aliphatic carboxylic acids is 1. The van der Waals surface area contributed by atoms with Crippen LogP contribution in [-0.2, 0) is 11.8 Å². The first-order chi connectivity index (χ1) is 5.65. The normalized spacial score (nSPS) is 12.8. The van der Waals surface area contributed by atoms with Crippen molar-refractivity contribution in [2.45, 2.75) is 19.3 Å². The van der Waals surface area contributed by atoms with Crippen LogP contribution in [0.3, 0.4) is 0 Å². The summed E-state index contributed by atoms with van der Waals surface area (Å²) >= 11 is 0. The van der Waals surface area contributed by atoms with Crippen molar-refractivity contribution in [3.63, 3.8) is 0 Å². The molecule has 0 fully saturated rings. The average molecular weight is 169 g/mol. The van der Waals surface area contributed by atoms with Crippen LogP contribution in [0.4, 0.5) is 0 Å². The minimum Gasteiger partial charge on any atom is -0.481 e. The minimum atomic E-state index is -0.872. The largest absolute Gasteiger partial charge is 0.481 e. The van der Waals surface area contributed by atoms with E-state index in [1.165, 1.54) is 11.0 Å². The summed E-state index contributed by atoms with van der Waals surface area (Å²) < 4.78 is 1.50. The fourth-order valence-corrected chi connectivity index (χ4v) is 0.983. The van der Waals surface area contributed by atoms with Gasteiger partial charge in [-0.1, -0.05) is 6.92 Å². The summed E-state index contributed by atoms with van der Waals surface area (Å²) in [5, 5.41) is 12.7. The zero-order valence-electron chi connectivity index (χ0n) is 7.06. The van der Waals surface area contributed by atoms with Crippen LogP contribution in [0, 0.1) is 0 Å². The molecule has 66 valence electrons. The molecule has 1 heterocycles. The number of hydrogen-bond donors (Lipinski definition) is 1. The molecule has 0 aromatic carbocycles. The summed E-state index contributed by atoms with van der Waals surface area (Å²) in [5.74, 6) is -1.07. The predicted octanol–water partition coefficient (Wildman–Crippen LogP) is 0.393. The van der Waals surface area contributed by atoms with E-state index in [1.807, 2.05) is 0 Å². The fourth-order valence-electron chi connectivity index (χ4n) is 0.983. The second kappa shape index (κ2) is 3.34. The molecular formula is C7H11N3O2. The molecule has 1 aromatic heterocycles. The first kappa shape index (κ1) is 8.70. The van der Waals surface area contributed by atoms with Gasteiger partial charge >= 0.3 is 5.97 Å². The van der Waals surface area contributed by atoms with Gasteiger partial charge in [0.25, 0.3) is 0 Å². The number of nitrogens with zero attached hydrogens (tertiary/aromatic N) is 3. The maximum atomic E-state index is 10.7. The van der Waals surface area contributed by atoms with Crippen molar-refractivity contribution in [2.75, 3.05) is 0 Å². The van der Waals surface area contributed by atoms with E-state index >= 15 is 0 Å². The molecule has 1 N–H and O–H groups in total. The number of carboxylic acid groups (broad SMARTS) is 1. The van der Waals surface area contributed by atoms with E-state index in [-0.39, 0.29) is 0 Å². The first-order valence-corrected chi connectivity index (χ1v) is 3.73. The predicted molar refractivity (Wildman–Crippen MR) is 41.7 cm³/mol. The van der Waals surface area contributed by atoms with Crippen molar-refractivity contribution in [1.82, 2.24) is 14.8 Å². The van der Waals surface area contributed by atoms with Crippen molar-refractivity contribution < 1.29 is 9.90 Å². The average Bonchev–Trinajstić information content (AvgIpc) is 2.37. The van der Waals surface area contributed by atoms with E-state index in [9.17, 15) is 4.79 Å². The molecule has 12 heavy (non-hydrogen) atoms.